The van der Waals surface area contributed by atoms with E-state index in [1.54, 1.807) is 11.8 Å². The lowest BCUT2D eigenvalue weighted by atomic mass is 10.1. The van der Waals surface area contributed by atoms with Crippen LogP contribution in [-0.4, -0.2) is 83.4 Å². The smallest absolute Gasteiger partial charge is 0.353 e. The lowest BCUT2D eigenvalue weighted by Crippen LogP contribution is -2.49. The summed E-state index contributed by atoms with van der Waals surface area (Å²) in [7, 11) is -7.18. The Hall–Kier alpha value is -3.07. The van der Waals surface area contributed by atoms with Crippen molar-refractivity contribution in [1.29, 1.82) is 0 Å². The van der Waals surface area contributed by atoms with Gasteiger partial charge in [0.25, 0.3) is 5.91 Å². The summed E-state index contributed by atoms with van der Waals surface area (Å²) in [6, 6.07) is 5.51. The van der Waals surface area contributed by atoms with Crippen LogP contribution in [0.25, 0.3) is 0 Å². The van der Waals surface area contributed by atoms with E-state index >= 15 is 0 Å². The average molecular weight is 588 g/mol. The number of hydrogen-bond acceptors (Lipinski definition) is 7. The molecular weight excluding hydrogens is 559 g/mol. The fraction of sp³-hybridized carbons (Fsp3) is 0.500. The molecule has 0 N–H and O–H groups in total. The summed E-state index contributed by atoms with van der Waals surface area (Å²) in [4.78, 5) is 21.0. The van der Waals surface area contributed by atoms with Gasteiger partial charge in [-0.25, -0.2) is 21.8 Å². The zero-order valence-electron chi connectivity index (χ0n) is 21.2. The summed E-state index contributed by atoms with van der Waals surface area (Å²) >= 11 is 0. The molecule has 0 saturated carbocycles. The first kappa shape index (κ1) is 27.5. The van der Waals surface area contributed by atoms with Gasteiger partial charge in [0.1, 0.15) is 5.82 Å². The number of rotatable bonds is 4. The molecule has 1 aromatic heterocycles. The van der Waals surface area contributed by atoms with Crippen LogP contribution in [0.3, 0.4) is 0 Å². The van der Waals surface area contributed by atoms with Gasteiger partial charge in [0.15, 0.2) is 0 Å². The van der Waals surface area contributed by atoms with Gasteiger partial charge in [-0.15, -0.1) is 0 Å². The van der Waals surface area contributed by atoms with E-state index in [2.05, 4.69) is 4.98 Å². The van der Waals surface area contributed by atoms with Gasteiger partial charge in [-0.2, -0.15) is 13.2 Å². The minimum absolute atomic E-state index is 0.00255. The predicted molar refractivity (Wildman–Crippen MR) is 140 cm³/mol. The number of nitrogens with zero attached hydrogens (tertiary/aromatic N) is 5. The van der Waals surface area contributed by atoms with Crippen LogP contribution in [0, 0.1) is 6.92 Å². The van der Waals surface area contributed by atoms with Crippen molar-refractivity contribution in [1.82, 2.24) is 9.88 Å². The van der Waals surface area contributed by atoms with E-state index in [0.717, 1.165) is 12.3 Å². The number of aryl methyl sites for hydroxylation is 1. The third-order valence-electron chi connectivity index (χ3n) is 7.21. The van der Waals surface area contributed by atoms with Gasteiger partial charge in [-0.1, -0.05) is 0 Å². The molecule has 3 aliphatic heterocycles. The number of hydrogen-bond donors (Lipinski definition) is 0. The SMILES string of the molecule is Cc1cc(C(F)(F)F)cnc1N1CCN(C(=O)c2ccc(N3CCCS3(=O)=O)cc2N2CCCS2(=O)=O)CC1. The molecule has 1 aromatic carbocycles. The standard InChI is InChI=1S/C24H28F3N5O5S2/c1-17-14-18(24(25,26)27)16-28-22(17)29-8-10-30(11-9-29)23(33)20-5-4-19(31-6-2-12-38(31,34)35)15-21(20)32-7-3-13-39(32,36)37/h4-5,14-16H,2-3,6-13H2,1H3. The number of aromatic nitrogens is 1. The number of sulfonamides is 2. The molecule has 39 heavy (non-hydrogen) atoms. The zero-order chi connectivity index (χ0) is 28.2. The average Bonchev–Trinajstić information content (AvgIpc) is 3.42. The highest BCUT2D eigenvalue weighted by Gasteiger charge is 2.36. The first-order valence-corrected chi connectivity index (χ1v) is 15.7. The van der Waals surface area contributed by atoms with E-state index < -0.39 is 37.7 Å². The van der Waals surface area contributed by atoms with Crippen LogP contribution >= 0.6 is 0 Å². The molecule has 0 spiro atoms. The Morgan fingerprint density at radius 1 is 0.872 bits per heavy atom. The molecule has 3 saturated heterocycles. The third kappa shape index (κ3) is 5.25. The zero-order valence-corrected chi connectivity index (χ0v) is 22.8. The van der Waals surface area contributed by atoms with E-state index in [-0.39, 0.29) is 48.9 Å². The Kier molecular flexibility index (Phi) is 6.94. The Balaban J connectivity index is 1.39. The Bertz CT molecular complexity index is 1510. The van der Waals surface area contributed by atoms with Crippen molar-refractivity contribution in [3.05, 3.63) is 47.2 Å². The normalized spacial score (nSPS) is 21.0. The fourth-order valence-corrected chi connectivity index (χ4v) is 8.38. The van der Waals surface area contributed by atoms with Crippen molar-refractivity contribution in [2.45, 2.75) is 25.9 Å². The number of alkyl halides is 3. The van der Waals surface area contributed by atoms with Gasteiger partial charge in [0, 0.05) is 45.5 Å². The third-order valence-corrected chi connectivity index (χ3v) is 10.9. The van der Waals surface area contributed by atoms with Crippen molar-refractivity contribution < 1.29 is 34.8 Å². The molecular formula is C24H28F3N5O5S2. The quantitative estimate of drug-likeness (QED) is 0.541. The number of pyridine rings is 1. The van der Waals surface area contributed by atoms with Crippen LogP contribution in [0.15, 0.2) is 30.5 Å². The number of halogens is 3. The van der Waals surface area contributed by atoms with Crippen molar-refractivity contribution in [2.75, 3.05) is 64.3 Å². The van der Waals surface area contributed by atoms with Crippen LogP contribution in [0.5, 0.6) is 0 Å². The molecule has 0 unspecified atom stereocenters. The molecule has 1 amide bonds. The highest BCUT2D eigenvalue weighted by Crippen LogP contribution is 2.35. The van der Waals surface area contributed by atoms with Gasteiger partial charge >= 0.3 is 6.18 Å². The van der Waals surface area contributed by atoms with Crippen LogP contribution in [0.2, 0.25) is 0 Å². The van der Waals surface area contributed by atoms with Crippen LogP contribution < -0.4 is 13.5 Å². The van der Waals surface area contributed by atoms with E-state index in [4.69, 9.17) is 0 Å². The Morgan fingerprint density at radius 2 is 1.49 bits per heavy atom. The van der Waals surface area contributed by atoms with Crippen LogP contribution in [-0.2, 0) is 26.2 Å². The van der Waals surface area contributed by atoms with Crippen molar-refractivity contribution in [3.8, 4) is 0 Å². The number of piperazine rings is 1. The second kappa shape index (κ2) is 9.84. The summed E-state index contributed by atoms with van der Waals surface area (Å²) in [5.74, 6) is -0.0528. The molecule has 15 heteroatoms. The van der Waals surface area contributed by atoms with Gasteiger partial charge in [0.2, 0.25) is 20.0 Å². The monoisotopic (exact) mass is 587 g/mol. The number of carbonyl (C=O) groups is 1. The topological polar surface area (TPSA) is 111 Å². The number of amides is 1. The number of carbonyl (C=O) groups excluding carboxylic acids is 1. The highest BCUT2D eigenvalue weighted by atomic mass is 32.2. The van der Waals surface area contributed by atoms with Gasteiger partial charge in [-0.05, 0) is 49.6 Å². The summed E-state index contributed by atoms with van der Waals surface area (Å²) in [6.45, 7) is 3.16. The highest BCUT2D eigenvalue weighted by molar-refractivity contribution is 7.93. The van der Waals surface area contributed by atoms with Gasteiger partial charge < -0.3 is 9.80 Å². The first-order chi connectivity index (χ1) is 18.3. The van der Waals surface area contributed by atoms with E-state index in [1.807, 2.05) is 4.90 Å². The molecule has 4 heterocycles. The van der Waals surface area contributed by atoms with Gasteiger partial charge in [0.05, 0.1) is 34.0 Å². The Labute approximate surface area is 225 Å². The molecule has 3 aliphatic rings. The second-order valence-electron chi connectivity index (χ2n) is 9.83. The molecule has 0 bridgehead atoms. The molecule has 3 fully saturated rings. The van der Waals surface area contributed by atoms with E-state index in [0.29, 0.717) is 43.0 Å². The van der Waals surface area contributed by atoms with Crippen molar-refractivity contribution >= 4 is 43.1 Å². The molecule has 0 atom stereocenters. The number of benzene rings is 1. The maximum absolute atomic E-state index is 13.6. The van der Waals surface area contributed by atoms with E-state index in [9.17, 15) is 34.8 Å². The molecule has 0 aliphatic carbocycles. The summed E-state index contributed by atoms with van der Waals surface area (Å²) in [6.07, 6.45) is -2.85. The number of anilines is 3. The maximum Gasteiger partial charge on any atom is 0.417 e. The molecule has 2 aromatic rings. The van der Waals surface area contributed by atoms with Gasteiger partial charge in [-0.3, -0.25) is 13.4 Å². The summed E-state index contributed by atoms with van der Waals surface area (Å²) < 4.78 is 92.0. The van der Waals surface area contributed by atoms with Crippen LogP contribution in [0.4, 0.5) is 30.4 Å². The van der Waals surface area contributed by atoms with Crippen LogP contribution in [0.1, 0.15) is 34.3 Å². The largest absolute Gasteiger partial charge is 0.417 e. The molecule has 5 rings (SSSR count). The maximum atomic E-state index is 13.6. The second-order valence-corrected chi connectivity index (χ2v) is 13.9. The van der Waals surface area contributed by atoms with Crippen molar-refractivity contribution in [2.24, 2.45) is 0 Å². The lowest BCUT2D eigenvalue weighted by Gasteiger charge is -2.36. The fourth-order valence-electron chi connectivity index (χ4n) is 5.25. The molecule has 212 valence electrons. The predicted octanol–water partition coefficient (Wildman–Crippen LogP) is 2.45. The van der Waals surface area contributed by atoms with E-state index in [1.165, 1.54) is 26.8 Å². The Morgan fingerprint density at radius 3 is 2.03 bits per heavy atom. The first-order valence-electron chi connectivity index (χ1n) is 12.5. The summed E-state index contributed by atoms with van der Waals surface area (Å²) in [5, 5.41) is 0. The minimum Gasteiger partial charge on any atom is -0.353 e. The lowest BCUT2D eigenvalue weighted by molar-refractivity contribution is -0.137. The molecule has 0 radical (unpaired) electrons. The summed E-state index contributed by atoms with van der Waals surface area (Å²) in [5.41, 5.74) is 0.165. The van der Waals surface area contributed by atoms with Crippen molar-refractivity contribution in [3.63, 3.8) is 0 Å². The molecule has 10 nitrogen and oxygen atoms in total. The minimum atomic E-state index is -4.49.